The first-order valence-corrected chi connectivity index (χ1v) is 54.7. The Balaban J connectivity index is 0.000000202. The molecule has 0 spiro atoms. The quantitative estimate of drug-likeness (QED) is 0.0195. The Bertz CT molecular complexity index is 5720. The van der Waals surface area contributed by atoms with Gasteiger partial charge in [-0.15, -0.1) is 11.4 Å². The molecule has 0 aliphatic rings. The number of aryl methyl sites for hydroxylation is 2. The van der Waals surface area contributed by atoms with Gasteiger partial charge in [0.1, 0.15) is 0 Å². The van der Waals surface area contributed by atoms with E-state index in [4.69, 9.17) is 19.4 Å². The second kappa shape index (κ2) is 55.7. The van der Waals surface area contributed by atoms with E-state index in [2.05, 4.69) is 577 Å². The predicted molar refractivity (Wildman–Crippen MR) is 603 cm³/mol. The molecular weight excluding hydrogens is 1880 g/mol. The van der Waals surface area contributed by atoms with Gasteiger partial charge >= 0.3 is 0 Å². The summed E-state index contributed by atoms with van der Waals surface area (Å²) in [4.78, 5) is 12.8. The summed E-state index contributed by atoms with van der Waals surface area (Å²) in [5.74, 6) is -0.181. The van der Waals surface area contributed by atoms with Gasteiger partial charge in [-0.25, -0.2) is 0 Å². The largest absolute Gasteiger partial charge is 0.676 e. The average molecular weight is 2020 g/mol. The van der Waals surface area contributed by atoms with E-state index in [1.165, 1.54) is 132 Å². The molecule has 18 rings (SSSR count). The van der Waals surface area contributed by atoms with Gasteiger partial charge in [0.05, 0.1) is 40.6 Å². The van der Waals surface area contributed by atoms with Gasteiger partial charge in [-0.3, -0.25) is 0 Å². The summed E-state index contributed by atoms with van der Waals surface area (Å²) in [5.41, 5.74) is 24.7. The van der Waals surface area contributed by atoms with E-state index in [0.29, 0.717) is 24.2 Å². The van der Waals surface area contributed by atoms with Crippen molar-refractivity contribution in [3.63, 3.8) is 0 Å². The van der Waals surface area contributed by atoms with Crippen molar-refractivity contribution >= 4 is 59.0 Å². The van der Waals surface area contributed by atoms with Crippen molar-refractivity contribution in [1.82, 2.24) is 9.13 Å². The van der Waals surface area contributed by atoms with E-state index < -0.39 is 16.5 Å². The Morgan fingerprint density at radius 1 is 0.243 bits per heavy atom. The van der Waals surface area contributed by atoms with Crippen molar-refractivity contribution in [1.29, 1.82) is 0 Å². The number of hydrogen-bond donors (Lipinski definition) is 0. The van der Waals surface area contributed by atoms with Crippen LogP contribution in [0.1, 0.15) is 232 Å². The molecular formula is C132H144Co2N6O2Si2-2. The van der Waals surface area contributed by atoms with Crippen molar-refractivity contribution < 1.29 is 52.2 Å². The van der Waals surface area contributed by atoms with Gasteiger partial charge in [0, 0.05) is 83.7 Å². The maximum atomic E-state index is 6.42. The minimum atomic E-state index is -3.12. The van der Waals surface area contributed by atoms with Crippen LogP contribution in [-0.2, 0) is 43.0 Å². The Kier molecular flexibility index (Phi) is 43.0. The summed E-state index contributed by atoms with van der Waals surface area (Å²) < 4.78 is 18.5. The number of aromatic nitrogens is 4. The summed E-state index contributed by atoms with van der Waals surface area (Å²) >= 11 is 0. The standard InChI is InChI=1S/2C51H42NSi.2C11H20N2.2C4H10O.2Co/c2*1-39-37-47(49(40-23-9-2-10-24-40)41-25-11-3-12-26-41)51(48(38-39)50(42-27-13-4-14-28-42)43-29-15-5-16-30-43)52-53(44-31-17-6-18-32-44,45-33-19-7-20-34-45)46-35-21-8-22-36-46;2*1-8(2)12-7-13(9(3)4)11(6)10(12)5;2*1-3-5-4-2;;/h2*2-38,49-50H,1H3;2*8-9H,1-6H3;2*3-4H2,1-2H3;;/q2*-1;;;;;;. The number of ether oxygens (including phenoxy) is 2. The second-order valence-corrected chi connectivity index (χ2v) is 44.2. The van der Waals surface area contributed by atoms with Gasteiger partial charge in [0.15, 0.2) is 0 Å². The van der Waals surface area contributed by atoms with E-state index in [1.54, 1.807) is 0 Å². The summed E-state index contributed by atoms with van der Waals surface area (Å²) in [6, 6.07) is 166. The average Bonchev–Trinajstić information content (AvgIpc) is 0.770. The maximum absolute atomic E-state index is 6.42. The Morgan fingerprint density at radius 3 is 0.514 bits per heavy atom. The zero-order chi connectivity index (χ0) is 100. The second-order valence-electron chi connectivity index (χ2n) is 37.4. The normalized spacial score (nSPS) is 11.1. The molecule has 12 heteroatoms. The Hall–Kier alpha value is -13.1. The minimum absolute atomic E-state index is 0. The van der Waals surface area contributed by atoms with Crippen molar-refractivity contribution in [2.75, 3.05) is 26.4 Å². The summed E-state index contributed by atoms with van der Waals surface area (Å²) in [7, 11) is -6.23. The van der Waals surface area contributed by atoms with Crippen LogP contribution in [0.3, 0.4) is 0 Å². The van der Waals surface area contributed by atoms with Crippen LogP contribution in [0.15, 0.2) is 449 Å². The van der Waals surface area contributed by atoms with E-state index >= 15 is 0 Å². The van der Waals surface area contributed by atoms with Crippen LogP contribution in [0.4, 0.5) is 11.4 Å². The molecule has 0 saturated heterocycles. The van der Waals surface area contributed by atoms with Crippen LogP contribution < -0.4 is 40.3 Å². The van der Waals surface area contributed by atoms with Crippen molar-refractivity contribution in [3.05, 3.63) is 572 Å². The maximum Gasteiger partial charge on any atom is 0.204 e. The Morgan fingerprint density at radius 2 is 0.396 bits per heavy atom. The zero-order valence-electron chi connectivity index (χ0n) is 87.3. The van der Waals surface area contributed by atoms with Crippen molar-refractivity contribution in [2.45, 2.75) is 172 Å². The third-order valence-electron chi connectivity index (χ3n) is 26.4. The van der Waals surface area contributed by atoms with Gasteiger partial charge in [0.2, 0.25) is 12.7 Å². The fourth-order valence-corrected chi connectivity index (χ4v) is 27.6. The summed E-state index contributed by atoms with van der Waals surface area (Å²) in [5, 5.41) is 7.51. The molecule has 8 nitrogen and oxygen atoms in total. The molecule has 0 fully saturated rings. The summed E-state index contributed by atoms with van der Waals surface area (Å²) in [6.07, 6.45) is 6.76. The molecule has 0 atom stereocenters. The molecule has 144 heavy (non-hydrogen) atoms. The first-order chi connectivity index (χ1) is 69.2. The molecule has 0 N–H and O–H groups in total. The number of rotatable bonds is 30. The van der Waals surface area contributed by atoms with Gasteiger partial charge in [-0.1, -0.05) is 541 Å². The van der Waals surface area contributed by atoms with E-state index in [1.807, 2.05) is 27.7 Å². The third-order valence-corrected chi connectivity index (χ3v) is 34.6. The van der Waals surface area contributed by atoms with E-state index in [-0.39, 0.29) is 57.2 Å². The van der Waals surface area contributed by atoms with Crippen LogP contribution in [0, 0.1) is 54.2 Å². The number of benzene rings is 16. The molecule has 2 aromatic heterocycles. The fraction of sp³-hybridized carbons (Fsp3) is 0.227. The molecule has 18 aromatic rings. The molecule has 0 aliphatic heterocycles. The van der Waals surface area contributed by atoms with Crippen molar-refractivity contribution in [2.24, 2.45) is 0 Å². The van der Waals surface area contributed by atoms with Crippen LogP contribution in [0.25, 0.3) is 9.96 Å². The van der Waals surface area contributed by atoms with Gasteiger partial charge in [-0.05, 0) is 164 Å². The fourth-order valence-electron chi connectivity index (χ4n) is 19.6. The topological polar surface area (TPSA) is 64.3 Å². The molecule has 0 bridgehead atoms. The zero-order valence-corrected chi connectivity index (χ0v) is 91.4. The van der Waals surface area contributed by atoms with Gasteiger partial charge in [0.25, 0.3) is 0 Å². The summed E-state index contributed by atoms with van der Waals surface area (Å²) in [6.45, 7) is 42.0. The molecule has 0 unspecified atom stereocenters. The van der Waals surface area contributed by atoms with Crippen LogP contribution in [0.5, 0.6) is 0 Å². The molecule has 0 saturated carbocycles. The molecule has 0 aliphatic carbocycles. The first kappa shape index (κ1) is 111. The first-order valence-electron chi connectivity index (χ1n) is 50.8. The smallest absolute Gasteiger partial charge is 0.204 e. The third kappa shape index (κ3) is 27.5. The number of imidazole rings is 2. The van der Waals surface area contributed by atoms with Crippen LogP contribution in [0.2, 0.25) is 0 Å². The predicted octanol–water partition coefficient (Wildman–Crippen LogP) is 28.8. The molecule has 16 aromatic carbocycles. The Labute approximate surface area is 884 Å². The molecule has 0 amide bonds. The van der Waals surface area contributed by atoms with Gasteiger partial charge < -0.3 is 37.7 Å². The minimum Gasteiger partial charge on any atom is -0.676 e. The molecule has 2 heterocycles. The van der Waals surface area contributed by atoms with E-state index in [0.717, 1.165) is 37.8 Å². The molecule has 2 radical (unpaired) electrons. The van der Waals surface area contributed by atoms with Crippen molar-refractivity contribution in [3.8, 4) is 0 Å². The molecule has 742 valence electrons. The number of hydrogen-bond acceptors (Lipinski definition) is 2. The van der Waals surface area contributed by atoms with Gasteiger partial charge in [-0.2, -0.15) is 0 Å². The van der Waals surface area contributed by atoms with E-state index in [9.17, 15) is 0 Å². The SMILES string of the molecule is CCOCC.CCOCC.Cc1c(C)[n+](C(C)C)[c-]n1C(C)C.Cc1c(C)[n+](C(C)C)[c-]n1C(C)C.Cc1cc(C(c2ccccc2)c2ccccc2)c([N-][Si](c2ccccc2)(c2ccccc2)c2ccccc2)c(C(c2ccccc2)c2ccccc2)c1.Cc1cc(C(c2ccccc2)c2ccccc2)c([N-][Si](c2ccccc2)(c2ccccc2)c2ccccc2)c(C(c2ccccc2)c2ccccc2)c1.[Co].[Co]. The van der Waals surface area contributed by atoms with Crippen LogP contribution in [-0.4, -0.2) is 52.0 Å². The van der Waals surface area contributed by atoms with Crippen LogP contribution >= 0.6 is 0 Å². The number of nitrogens with zero attached hydrogens (tertiary/aromatic N) is 6. The monoisotopic (exact) mass is 2020 g/mol.